The lowest BCUT2D eigenvalue weighted by molar-refractivity contribution is 0.0474. The number of fused-ring (bicyclic) bond motifs is 1. The summed E-state index contributed by atoms with van der Waals surface area (Å²) >= 11 is 20.8. The lowest BCUT2D eigenvalue weighted by Crippen LogP contribution is -2.05. The van der Waals surface area contributed by atoms with Gasteiger partial charge in [-0.25, -0.2) is 9.18 Å². The largest absolute Gasteiger partial charge is 0.457 e. The minimum absolute atomic E-state index is 0.0117. The van der Waals surface area contributed by atoms with Crippen LogP contribution >= 0.6 is 77.7 Å². The third-order valence-electron chi connectivity index (χ3n) is 2.94. The van der Waals surface area contributed by atoms with Gasteiger partial charge in [0.15, 0.2) is 5.82 Å². The Morgan fingerprint density at radius 2 is 1.91 bits per heavy atom. The number of carbonyl (C=O) groups excluding carboxylic acids is 1. The van der Waals surface area contributed by atoms with Crippen LogP contribution in [0.5, 0.6) is 0 Å². The molecule has 0 aliphatic rings. The lowest BCUT2D eigenvalue weighted by Gasteiger charge is -2.05. The standard InChI is InChI=1S/C14H5Br2Cl2FO2S2/c15-12-8-9(19)11(22-10(8)13(16)23-12)14(20)21-4-5-1-2-6(17)7(18)3-5/h1-3H,4H2. The first-order valence-electron chi connectivity index (χ1n) is 6.05. The predicted octanol–water partition coefficient (Wildman–Crippen LogP) is 7.29. The number of hydrogen-bond donors (Lipinski definition) is 0. The molecule has 0 aliphatic carbocycles. The second kappa shape index (κ2) is 6.98. The maximum atomic E-state index is 14.4. The van der Waals surface area contributed by atoms with Gasteiger partial charge in [0.25, 0.3) is 0 Å². The Kier molecular flexibility index (Phi) is 5.35. The second-order valence-corrected chi connectivity index (χ2v) is 9.91. The fraction of sp³-hybridized carbons (Fsp3) is 0.0714. The average Bonchev–Trinajstić information content (AvgIpc) is 2.99. The molecule has 0 atom stereocenters. The van der Waals surface area contributed by atoms with Crippen LogP contribution < -0.4 is 0 Å². The SMILES string of the molecule is O=C(OCc1ccc(Cl)c(Cl)c1)c1sc2c(Br)sc(Br)c2c1F. The van der Waals surface area contributed by atoms with Crippen molar-refractivity contribution in [1.29, 1.82) is 0 Å². The summed E-state index contributed by atoms with van der Waals surface area (Å²) in [7, 11) is 0. The zero-order valence-corrected chi connectivity index (χ0v) is 17.3. The van der Waals surface area contributed by atoms with Crippen molar-refractivity contribution in [3.63, 3.8) is 0 Å². The van der Waals surface area contributed by atoms with Crippen LogP contribution in [0.2, 0.25) is 10.0 Å². The molecule has 2 nitrogen and oxygen atoms in total. The molecule has 23 heavy (non-hydrogen) atoms. The van der Waals surface area contributed by atoms with Crippen LogP contribution in [-0.4, -0.2) is 5.97 Å². The molecule has 0 fully saturated rings. The third-order valence-corrected chi connectivity index (χ3v) is 7.77. The Hall–Kier alpha value is -0.180. The van der Waals surface area contributed by atoms with E-state index in [-0.39, 0.29) is 11.5 Å². The van der Waals surface area contributed by atoms with Crippen LogP contribution in [-0.2, 0) is 11.3 Å². The van der Waals surface area contributed by atoms with Gasteiger partial charge in [0.05, 0.1) is 27.7 Å². The summed E-state index contributed by atoms with van der Waals surface area (Å²) in [6.45, 7) is -0.0117. The van der Waals surface area contributed by atoms with Crippen molar-refractivity contribution in [3.05, 3.63) is 52.1 Å². The normalized spacial score (nSPS) is 11.2. The van der Waals surface area contributed by atoms with Gasteiger partial charge in [-0.1, -0.05) is 29.3 Å². The number of benzene rings is 1. The summed E-state index contributed by atoms with van der Waals surface area (Å²) in [5.74, 6) is -1.28. The van der Waals surface area contributed by atoms with Crippen molar-refractivity contribution >= 4 is 93.8 Å². The number of thiophene rings is 2. The Bertz CT molecular complexity index is 923. The van der Waals surface area contributed by atoms with Gasteiger partial charge in [-0.3, -0.25) is 0 Å². The van der Waals surface area contributed by atoms with Crippen LogP contribution in [0, 0.1) is 5.82 Å². The van der Waals surface area contributed by atoms with Crippen LogP contribution in [0.3, 0.4) is 0 Å². The van der Waals surface area contributed by atoms with E-state index in [9.17, 15) is 9.18 Å². The molecule has 120 valence electrons. The first-order valence-corrected chi connectivity index (χ1v) is 10.0. The van der Waals surface area contributed by atoms with Crippen molar-refractivity contribution in [1.82, 2.24) is 0 Å². The number of esters is 1. The van der Waals surface area contributed by atoms with E-state index in [2.05, 4.69) is 31.9 Å². The number of hydrogen-bond acceptors (Lipinski definition) is 4. The van der Waals surface area contributed by atoms with Crippen molar-refractivity contribution in [3.8, 4) is 0 Å². The van der Waals surface area contributed by atoms with Crippen LogP contribution in [0.1, 0.15) is 15.2 Å². The highest BCUT2D eigenvalue weighted by Gasteiger charge is 2.24. The Labute approximate surface area is 165 Å². The van der Waals surface area contributed by atoms with E-state index in [1.165, 1.54) is 11.3 Å². The van der Waals surface area contributed by atoms with E-state index in [0.717, 1.165) is 15.1 Å². The van der Waals surface area contributed by atoms with Gasteiger partial charge in [-0.05, 0) is 49.6 Å². The second-order valence-electron chi connectivity index (χ2n) is 4.42. The molecule has 0 aliphatic heterocycles. The molecule has 0 amide bonds. The fourth-order valence-electron chi connectivity index (χ4n) is 1.88. The van der Waals surface area contributed by atoms with E-state index in [0.29, 0.717) is 29.5 Å². The molecule has 9 heteroatoms. The molecule has 0 N–H and O–H groups in total. The topological polar surface area (TPSA) is 26.3 Å². The number of carbonyl (C=O) groups is 1. The molecular weight excluding hydrogens is 514 g/mol. The highest BCUT2D eigenvalue weighted by molar-refractivity contribution is 9.12. The van der Waals surface area contributed by atoms with Gasteiger partial charge < -0.3 is 4.74 Å². The van der Waals surface area contributed by atoms with Gasteiger partial charge in [0, 0.05) is 0 Å². The molecule has 2 aromatic heterocycles. The molecule has 3 rings (SSSR count). The molecule has 3 aromatic rings. The fourth-order valence-corrected chi connectivity index (χ4v) is 6.64. The van der Waals surface area contributed by atoms with E-state index in [1.54, 1.807) is 18.2 Å². The third kappa shape index (κ3) is 3.45. The van der Waals surface area contributed by atoms with Gasteiger partial charge in [-0.2, -0.15) is 0 Å². The predicted molar refractivity (Wildman–Crippen MR) is 101 cm³/mol. The first kappa shape index (κ1) is 17.6. The summed E-state index contributed by atoms with van der Waals surface area (Å²) in [5.41, 5.74) is 0.674. The molecule has 0 saturated carbocycles. The summed E-state index contributed by atoms with van der Waals surface area (Å²) < 4.78 is 21.7. The summed E-state index contributed by atoms with van der Waals surface area (Å²) in [4.78, 5) is 12.1. The van der Waals surface area contributed by atoms with E-state index in [4.69, 9.17) is 27.9 Å². The van der Waals surface area contributed by atoms with Crippen molar-refractivity contribution in [2.45, 2.75) is 6.61 Å². The Morgan fingerprint density at radius 1 is 1.17 bits per heavy atom. The maximum Gasteiger partial charge on any atom is 0.351 e. The van der Waals surface area contributed by atoms with E-state index < -0.39 is 11.8 Å². The Balaban J connectivity index is 1.82. The zero-order chi connectivity index (χ0) is 16.7. The zero-order valence-electron chi connectivity index (χ0n) is 11.0. The number of rotatable bonds is 3. The number of halogens is 5. The molecule has 1 aromatic carbocycles. The summed E-state index contributed by atoms with van der Waals surface area (Å²) in [6.07, 6.45) is 0. The maximum absolute atomic E-state index is 14.4. The van der Waals surface area contributed by atoms with E-state index in [1.807, 2.05) is 0 Å². The summed E-state index contributed by atoms with van der Waals surface area (Å²) in [6, 6.07) is 4.91. The Morgan fingerprint density at radius 3 is 2.57 bits per heavy atom. The quantitative estimate of drug-likeness (QED) is 0.340. The van der Waals surface area contributed by atoms with Gasteiger partial charge >= 0.3 is 5.97 Å². The van der Waals surface area contributed by atoms with Gasteiger partial charge in [-0.15, -0.1) is 22.7 Å². The minimum atomic E-state index is -0.710. The lowest BCUT2D eigenvalue weighted by atomic mass is 10.2. The number of ether oxygens (including phenoxy) is 1. The highest BCUT2D eigenvalue weighted by Crippen LogP contribution is 2.45. The molecule has 0 unspecified atom stereocenters. The van der Waals surface area contributed by atoms with Crippen molar-refractivity contribution in [2.24, 2.45) is 0 Å². The highest BCUT2D eigenvalue weighted by atomic mass is 79.9. The molecule has 0 spiro atoms. The van der Waals surface area contributed by atoms with Crippen molar-refractivity contribution in [2.75, 3.05) is 0 Å². The average molecular weight is 519 g/mol. The first-order chi connectivity index (χ1) is 10.9. The molecular formula is C14H5Br2Cl2FO2S2. The minimum Gasteiger partial charge on any atom is -0.457 e. The molecule has 0 bridgehead atoms. The molecule has 0 radical (unpaired) electrons. The molecule has 2 heterocycles. The monoisotopic (exact) mass is 516 g/mol. The smallest absolute Gasteiger partial charge is 0.351 e. The van der Waals surface area contributed by atoms with Crippen LogP contribution in [0.25, 0.3) is 10.1 Å². The van der Waals surface area contributed by atoms with Gasteiger partial charge in [0.1, 0.15) is 11.5 Å². The van der Waals surface area contributed by atoms with Gasteiger partial charge in [0.2, 0.25) is 0 Å². The van der Waals surface area contributed by atoms with Crippen molar-refractivity contribution < 1.29 is 13.9 Å². The summed E-state index contributed by atoms with van der Waals surface area (Å²) in [5, 5.41) is 1.18. The van der Waals surface area contributed by atoms with E-state index >= 15 is 0 Å². The van der Waals surface area contributed by atoms with Crippen LogP contribution in [0.15, 0.2) is 25.8 Å². The van der Waals surface area contributed by atoms with Crippen LogP contribution in [0.4, 0.5) is 4.39 Å². The molecule has 0 saturated heterocycles.